The first-order chi connectivity index (χ1) is 16.9. The molecule has 1 aromatic carbocycles. The summed E-state index contributed by atoms with van der Waals surface area (Å²) in [7, 11) is 0. The molecule has 7 nitrogen and oxygen atoms in total. The Bertz CT molecular complexity index is 1040. The van der Waals surface area contributed by atoms with Gasteiger partial charge in [-0.3, -0.25) is 9.59 Å². The topological polar surface area (TPSA) is 78.4 Å². The van der Waals surface area contributed by atoms with E-state index < -0.39 is 0 Å². The maximum Gasteiger partial charge on any atom is 0.230 e. The number of carbonyl (C=O) groups is 2. The van der Waals surface area contributed by atoms with Crippen LogP contribution in [0.3, 0.4) is 0 Å². The minimum Gasteiger partial charge on any atom is -0.353 e. The van der Waals surface area contributed by atoms with Crippen molar-refractivity contribution in [3.63, 3.8) is 0 Å². The van der Waals surface area contributed by atoms with Crippen LogP contribution in [0, 0.1) is 11.7 Å². The second kappa shape index (κ2) is 12.0. The number of aromatic nitrogens is 2. The van der Waals surface area contributed by atoms with Gasteiger partial charge in [-0.1, -0.05) is 54.8 Å². The van der Waals surface area contributed by atoms with Crippen LogP contribution in [0.5, 0.6) is 0 Å². The summed E-state index contributed by atoms with van der Waals surface area (Å²) >= 11 is 7.48. The lowest BCUT2D eigenvalue weighted by molar-refractivity contribution is -0.139. The predicted molar refractivity (Wildman–Crippen MR) is 136 cm³/mol. The third-order valence-corrected chi connectivity index (χ3v) is 7.63. The average Bonchev–Trinajstić information content (AvgIpc) is 2.87. The standard InChI is InChI=1S/C25H31ClFN5O2S/c1-17-15-31(11-12-32(17)24(34)19-5-3-2-4-6-19)22-13-21(26)29-25(30-22)35-16-23(33)28-14-18-7-9-20(27)10-8-18/h7-10,13,17,19H,2-6,11-12,14-16H2,1H3,(H,28,33). The van der Waals surface area contributed by atoms with E-state index in [-0.39, 0.29) is 29.4 Å². The normalized spacial score (nSPS) is 19.0. The highest BCUT2D eigenvalue weighted by atomic mass is 35.5. The van der Waals surface area contributed by atoms with Crippen molar-refractivity contribution in [3.8, 4) is 0 Å². The minimum absolute atomic E-state index is 0.0836. The first-order valence-corrected chi connectivity index (χ1v) is 13.5. The lowest BCUT2D eigenvalue weighted by Crippen LogP contribution is -2.55. The molecule has 1 unspecified atom stereocenters. The second-order valence-corrected chi connectivity index (χ2v) is 10.5. The molecular weight excluding hydrogens is 489 g/mol. The van der Waals surface area contributed by atoms with E-state index in [9.17, 15) is 14.0 Å². The van der Waals surface area contributed by atoms with Crippen LogP contribution < -0.4 is 10.2 Å². The van der Waals surface area contributed by atoms with Crippen molar-refractivity contribution in [3.05, 3.63) is 46.9 Å². The summed E-state index contributed by atoms with van der Waals surface area (Å²) in [6.45, 7) is 4.42. The van der Waals surface area contributed by atoms with Crippen molar-refractivity contribution in [1.29, 1.82) is 0 Å². The molecule has 1 aromatic heterocycles. The molecule has 1 aliphatic heterocycles. The Morgan fingerprint density at radius 2 is 1.89 bits per heavy atom. The fraction of sp³-hybridized carbons (Fsp3) is 0.520. The third-order valence-electron chi connectivity index (χ3n) is 6.59. The highest BCUT2D eigenvalue weighted by molar-refractivity contribution is 7.99. The zero-order valence-electron chi connectivity index (χ0n) is 19.9. The molecule has 2 amide bonds. The van der Waals surface area contributed by atoms with Crippen molar-refractivity contribution in [2.24, 2.45) is 5.92 Å². The molecule has 4 rings (SSSR count). The van der Waals surface area contributed by atoms with Gasteiger partial charge in [0.25, 0.3) is 0 Å². The van der Waals surface area contributed by atoms with Gasteiger partial charge in [0.15, 0.2) is 5.16 Å². The number of halogens is 2. The molecule has 0 radical (unpaired) electrons. The Balaban J connectivity index is 1.30. The van der Waals surface area contributed by atoms with E-state index in [0.717, 1.165) is 31.2 Å². The molecular formula is C25H31ClFN5O2S. The van der Waals surface area contributed by atoms with Gasteiger partial charge in [-0.15, -0.1) is 0 Å². The number of benzene rings is 1. The SMILES string of the molecule is CC1CN(c2cc(Cl)nc(SCC(=O)NCc3ccc(F)cc3)n2)CCN1C(=O)C1CCCCC1. The first-order valence-electron chi connectivity index (χ1n) is 12.1. The summed E-state index contributed by atoms with van der Waals surface area (Å²) in [5, 5.41) is 3.56. The lowest BCUT2D eigenvalue weighted by Gasteiger charge is -2.42. The number of amides is 2. The van der Waals surface area contributed by atoms with Crippen LogP contribution in [-0.4, -0.2) is 58.1 Å². The summed E-state index contributed by atoms with van der Waals surface area (Å²) in [4.78, 5) is 38.3. The minimum atomic E-state index is -0.309. The van der Waals surface area contributed by atoms with Crippen molar-refractivity contribution >= 4 is 41.0 Å². The van der Waals surface area contributed by atoms with Crippen LogP contribution >= 0.6 is 23.4 Å². The highest BCUT2D eigenvalue weighted by Crippen LogP contribution is 2.28. The fourth-order valence-corrected chi connectivity index (χ4v) is 5.58. The van der Waals surface area contributed by atoms with Crippen molar-refractivity contribution in [1.82, 2.24) is 20.2 Å². The van der Waals surface area contributed by atoms with Crippen LogP contribution in [0.25, 0.3) is 0 Å². The quantitative estimate of drug-likeness (QED) is 0.334. The average molecular weight is 520 g/mol. The number of nitrogens with zero attached hydrogens (tertiary/aromatic N) is 4. The smallest absolute Gasteiger partial charge is 0.230 e. The Kier molecular flexibility index (Phi) is 8.83. The van der Waals surface area contributed by atoms with Crippen molar-refractivity contribution in [2.75, 3.05) is 30.3 Å². The van der Waals surface area contributed by atoms with Gasteiger partial charge in [0, 0.05) is 44.2 Å². The molecule has 1 aliphatic carbocycles. The first kappa shape index (κ1) is 25.7. The van der Waals surface area contributed by atoms with Gasteiger partial charge in [0.05, 0.1) is 5.75 Å². The maximum absolute atomic E-state index is 13.0. The van der Waals surface area contributed by atoms with E-state index >= 15 is 0 Å². The van der Waals surface area contributed by atoms with Gasteiger partial charge >= 0.3 is 0 Å². The number of hydrogen-bond acceptors (Lipinski definition) is 6. The molecule has 1 N–H and O–H groups in total. The van der Waals surface area contributed by atoms with E-state index in [1.54, 1.807) is 18.2 Å². The van der Waals surface area contributed by atoms with Crippen molar-refractivity contribution in [2.45, 2.75) is 56.8 Å². The molecule has 2 fully saturated rings. The van der Waals surface area contributed by atoms with Gasteiger partial charge in [0.1, 0.15) is 16.8 Å². The Hall–Kier alpha value is -2.39. The summed E-state index contributed by atoms with van der Waals surface area (Å²) in [6, 6.07) is 7.82. The number of thioether (sulfide) groups is 1. The predicted octanol–water partition coefficient (Wildman–Crippen LogP) is 4.30. The molecule has 35 heavy (non-hydrogen) atoms. The molecule has 2 heterocycles. The molecule has 0 bridgehead atoms. The molecule has 10 heteroatoms. The third kappa shape index (κ3) is 7.07. The van der Waals surface area contributed by atoms with E-state index in [1.807, 2.05) is 4.90 Å². The van der Waals surface area contributed by atoms with Gasteiger partial charge < -0.3 is 15.1 Å². The molecule has 2 aliphatic rings. The van der Waals surface area contributed by atoms with Crippen molar-refractivity contribution < 1.29 is 14.0 Å². The number of hydrogen-bond donors (Lipinski definition) is 1. The number of nitrogens with one attached hydrogen (secondary N) is 1. The summed E-state index contributed by atoms with van der Waals surface area (Å²) < 4.78 is 13.0. The highest BCUT2D eigenvalue weighted by Gasteiger charge is 2.33. The maximum atomic E-state index is 13.0. The van der Waals surface area contributed by atoms with Crippen LogP contribution in [0.4, 0.5) is 10.2 Å². The summed E-state index contributed by atoms with van der Waals surface area (Å²) in [5.41, 5.74) is 0.821. The summed E-state index contributed by atoms with van der Waals surface area (Å²) in [6.07, 6.45) is 5.54. The largest absolute Gasteiger partial charge is 0.353 e. The van der Waals surface area contributed by atoms with Crippen LogP contribution in [0.2, 0.25) is 5.15 Å². The van der Waals surface area contributed by atoms with Crippen LogP contribution in [0.1, 0.15) is 44.6 Å². The molecule has 188 valence electrons. The van der Waals surface area contributed by atoms with Gasteiger partial charge in [0.2, 0.25) is 11.8 Å². The van der Waals surface area contributed by atoms with E-state index in [4.69, 9.17) is 11.6 Å². The number of piperazine rings is 1. The number of anilines is 1. The Labute approximate surface area is 214 Å². The van der Waals surface area contributed by atoms with Gasteiger partial charge in [-0.2, -0.15) is 0 Å². The van der Waals surface area contributed by atoms with E-state index in [0.29, 0.717) is 48.2 Å². The summed E-state index contributed by atoms with van der Waals surface area (Å²) in [5.74, 6) is 0.824. The van der Waals surface area contributed by atoms with E-state index in [1.165, 1.54) is 30.3 Å². The lowest BCUT2D eigenvalue weighted by atomic mass is 9.88. The Morgan fingerprint density at radius 1 is 1.14 bits per heavy atom. The zero-order chi connectivity index (χ0) is 24.8. The number of rotatable bonds is 7. The fourth-order valence-electron chi connectivity index (χ4n) is 4.67. The monoisotopic (exact) mass is 519 g/mol. The van der Waals surface area contributed by atoms with Crippen LogP contribution in [-0.2, 0) is 16.1 Å². The molecule has 1 atom stereocenters. The molecule has 1 saturated heterocycles. The van der Waals surface area contributed by atoms with Gasteiger partial charge in [-0.25, -0.2) is 14.4 Å². The van der Waals surface area contributed by atoms with Gasteiger partial charge in [-0.05, 0) is 37.5 Å². The zero-order valence-corrected chi connectivity index (χ0v) is 21.5. The second-order valence-electron chi connectivity index (χ2n) is 9.18. The van der Waals surface area contributed by atoms with E-state index in [2.05, 4.69) is 27.1 Å². The Morgan fingerprint density at radius 3 is 2.60 bits per heavy atom. The molecule has 2 aromatic rings. The molecule has 1 saturated carbocycles. The molecule has 0 spiro atoms. The number of carbonyl (C=O) groups excluding carboxylic acids is 2. The van der Waals surface area contributed by atoms with Crippen LogP contribution in [0.15, 0.2) is 35.5 Å².